The maximum atomic E-state index is 13.7. The van der Waals surface area contributed by atoms with Crippen LogP contribution in [0.4, 0.5) is 4.39 Å². The van der Waals surface area contributed by atoms with Gasteiger partial charge in [0.2, 0.25) is 0 Å². The molecule has 0 aliphatic rings. The fourth-order valence-corrected chi connectivity index (χ4v) is 3.97. The van der Waals surface area contributed by atoms with Crippen LogP contribution in [0.25, 0.3) is 17.2 Å². The smallest absolute Gasteiger partial charge is 0.158 e. The highest BCUT2D eigenvalue weighted by atomic mass is 31.0. The van der Waals surface area contributed by atoms with E-state index in [0.717, 1.165) is 39.9 Å². The van der Waals surface area contributed by atoms with Gasteiger partial charge in [-0.3, -0.25) is 9.78 Å². The summed E-state index contributed by atoms with van der Waals surface area (Å²) in [5.41, 5.74) is 5.21. The van der Waals surface area contributed by atoms with Crippen LogP contribution in [0.3, 0.4) is 0 Å². The molecule has 1 heterocycles. The number of aromatic nitrogens is 1. The van der Waals surface area contributed by atoms with Crippen LogP contribution < -0.4 is 0 Å². The number of methoxy groups -OCH3 is 1. The molecule has 2 rings (SSSR count). The first-order chi connectivity index (χ1) is 15.7. The Labute approximate surface area is 198 Å². The number of aldehydes is 1. The SMILES string of the molecule is COCc1c(C(C)C)nc(C(C)C)c(/C=C/C(=O)C[C@H](CC=O)OP)c1-c1ccc(F)cc1. The number of halogens is 1. The van der Waals surface area contributed by atoms with E-state index in [9.17, 15) is 14.0 Å². The molecular formula is C26H33FNO4P. The second-order valence-corrected chi connectivity index (χ2v) is 8.84. The number of hydrogen-bond donors (Lipinski definition) is 0. The first kappa shape index (κ1) is 27.0. The summed E-state index contributed by atoms with van der Waals surface area (Å²) in [6.45, 7) is 8.60. The van der Waals surface area contributed by atoms with Crippen LogP contribution in [0.1, 0.15) is 74.9 Å². The van der Waals surface area contributed by atoms with E-state index in [4.69, 9.17) is 14.2 Å². The first-order valence-corrected chi connectivity index (χ1v) is 11.5. The lowest BCUT2D eigenvalue weighted by Crippen LogP contribution is -2.13. The molecule has 0 amide bonds. The average Bonchev–Trinajstić information content (AvgIpc) is 2.77. The van der Waals surface area contributed by atoms with E-state index in [1.807, 2.05) is 0 Å². The Balaban J connectivity index is 2.72. The number of pyridine rings is 1. The van der Waals surface area contributed by atoms with Crippen LogP contribution in [0.2, 0.25) is 0 Å². The predicted octanol–water partition coefficient (Wildman–Crippen LogP) is 6.02. The monoisotopic (exact) mass is 473 g/mol. The van der Waals surface area contributed by atoms with Crippen molar-refractivity contribution in [2.24, 2.45) is 0 Å². The summed E-state index contributed by atoms with van der Waals surface area (Å²) >= 11 is 0. The fraction of sp³-hybridized carbons (Fsp3) is 0.423. The van der Waals surface area contributed by atoms with E-state index in [0.29, 0.717) is 6.61 Å². The molecule has 0 bridgehead atoms. The molecule has 7 heteroatoms. The largest absolute Gasteiger partial charge is 0.380 e. The van der Waals surface area contributed by atoms with Gasteiger partial charge in [-0.25, -0.2) is 4.39 Å². The van der Waals surface area contributed by atoms with E-state index in [1.54, 1.807) is 25.3 Å². The molecule has 2 aromatic rings. The van der Waals surface area contributed by atoms with Crippen molar-refractivity contribution >= 4 is 27.6 Å². The van der Waals surface area contributed by atoms with Gasteiger partial charge in [-0.1, -0.05) is 39.8 Å². The van der Waals surface area contributed by atoms with E-state index in [1.165, 1.54) is 18.2 Å². The molecule has 5 nitrogen and oxygen atoms in total. The van der Waals surface area contributed by atoms with Crippen molar-refractivity contribution in [3.63, 3.8) is 0 Å². The number of ketones is 1. The molecule has 1 aromatic carbocycles. The maximum Gasteiger partial charge on any atom is 0.158 e. The van der Waals surface area contributed by atoms with E-state index in [2.05, 4.69) is 37.2 Å². The Hall–Kier alpha value is -2.27. The summed E-state index contributed by atoms with van der Waals surface area (Å²) < 4.78 is 24.4. The molecule has 33 heavy (non-hydrogen) atoms. The van der Waals surface area contributed by atoms with Gasteiger partial charge in [0.05, 0.1) is 18.4 Å². The second kappa shape index (κ2) is 12.8. The number of rotatable bonds is 12. The zero-order chi connectivity index (χ0) is 24.5. The van der Waals surface area contributed by atoms with Gasteiger partial charge in [0.1, 0.15) is 12.1 Å². The fourth-order valence-electron chi connectivity index (χ4n) is 3.76. The molecule has 178 valence electrons. The number of carbonyl (C=O) groups is 2. The molecule has 1 aromatic heterocycles. The van der Waals surface area contributed by atoms with E-state index < -0.39 is 6.10 Å². The highest BCUT2D eigenvalue weighted by Crippen LogP contribution is 2.37. The molecule has 0 fully saturated rings. The van der Waals surface area contributed by atoms with Crippen LogP contribution in [-0.2, 0) is 25.5 Å². The molecule has 0 aliphatic carbocycles. The zero-order valence-electron chi connectivity index (χ0n) is 19.9. The lowest BCUT2D eigenvalue weighted by molar-refractivity contribution is -0.116. The second-order valence-electron chi connectivity index (χ2n) is 8.56. The standard InChI is InChI=1S/C26H33FNO4P/c1-16(2)25-22(11-10-20(30)14-21(32-33)12-13-29)24(18-6-8-19(27)9-7-18)23(15-31-5)26(28-25)17(3)4/h6-11,13,16-17,21H,12,14-15,33H2,1-5H3/b11-10+/t21-/m0/s1. The molecule has 0 saturated heterocycles. The van der Waals surface area contributed by atoms with Gasteiger partial charge in [0.15, 0.2) is 5.78 Å². The van der Waals surface area contributed by atoms with Crippen molar-refractivity contribution in [2.45, 2.75) is 65.1 Å². The van der Waals surface area contributed by atoms with Crippen molar-refractivity contribution in [3.05, 3.63) is 58.7 Å². The van der Waals surface area contributed by atoms with Crippen molar-refractivity contribution in [1.29, 1.82) is 0 Å². The minimum absolute atomic E-state index is 0.0874. The van der Waals surface area contributed by atoms with Crippen molar-refractivity contribution < 1.29 is 23.2 Å². The van der Waals surface area contributed by atoms with E-state index in [-0.39, 0.29) is 36.3 Å². The lowest BCUT2D eigenvalue weighted by atomic mass is 9.87. The number of hydrogen-bond acceptors (Lipinski definition) is 5. The molecule has 0 spiro atoms. The Kier molecular flexibility index (Phi) is 10.5. The third-order valence-corrected chi connectivity index (χ3v) is 5.71. The summed E-state index contributed by atoms with van der Waals surface area (Å²) in [6, 6.07) is 6.32. The summed E-state index contributed by atoms with van der Waals surface area (Å²) in [6.07, 6.45) is 3.75. The summed E-state index contributed by atoms with van der Waals surface area (Å²) in [7, 11) is 3.73. The molecule has 1 unspecified atom stereocenters. The Morgan fingerprint density at radius 1 is 1.12 bits per heavy atom. The number of nitrogens with zero attached hydrogens (tertiary/aromatic N) is 1. The quantitative estimate of drug-likeness (QED) is 0.214. The molecule has 0 N–H and O–H groups in total. The van der Waals surface area contributed by atoms with Gasteiger partial charge >= 0.3 is 0 Å². The third-order valence-electron chi connectivity index (χ3n) is 5.33. The topological polar surface area (TPSA) is 65.5 Å². The number of ether oxygens (including phenoxy) is 1. The maximum absolute atomic E-state index is 13.7. The van der Waals surface area contributed by atoms with Gasteiger partial charge < -0.3 is 14.1 Å². The van der Waals surface area contributed by atoms with Gasteiger partial charge in [0.25, 0.3) is 0 Å². The van der Waals surface area contributed by atoms with Crippen LogP contribution in [0.5, 0.6) is 0 Å². The van der Waals surface area contributed by atoms with Crippen molar-refractivity contribution in [1.82, 2.24) is 4.98 Å². The number of carbonyl (C=O) groups excluding carboxylic acids is 2. The molecule has 0 aliphatic heterocycles. The van der Waals surface area contributed by atoms with Crippen LogP contribution in [0.15, 0.2) is 30.3 Å². The van der Waals surface area contributed by atoms with Crippen LogP contribution in [-0.4, -0.2) is 30.3 Å². The Morgan fingerprint density at radius 2 is 1.76 bits per heavy atom. The van der Waals surface area contributed by atoms with Gasteiger partial charge in [-0.05, 0) is 47.2 Å². The predicted molar refractivity (Wildman–Crippen MR) is 132 cm³/mol. The average molecular weight is 474 g/mol. The summed E-state index contributed by atoms with van der Waals surface area (Å²) in [4.78, 5) is 28.4. The van der Waals surface area contributed by atoms with Crippen molar-refractivity contribution in [2.75, 3.05) is 7.11 Å². The number of allylic oxidation sites excluding steroid dienone is 1. The van der Waals surface area contributed by atoms with Crippen LogP contribution >= 0.6 is 9.47 Å². The minimum Gasteiger partial charge on any atom is -0.380 e. The molecule has 0 saturated carbocycles. The normalized spacial score (nSPS) is 12.6. The third kappa shape index (κ3) is 7.10. The van der Waals surface area contributed by atoms with Gasteiger partial charge in [-0.15, -0.1) is 0 Å². The van der Waals surface area contributed by atoms with Gasteiger partial charge in [0, 0.05) is 46.2 Å². The summed E-state index contributed by atoms with van der Waals surface area (Å²) in [5, 5.41) is 0. The Morgan fingerprint density at radius 3 is 2.27 bits per heavy atom. The van der Waals surface area contributed by atoms with Gasteiger partial charge in [-0.2, -0.15) is 0 Å². The minimum atomic E-state index is -0.490. The zero-order valence-corrected chi connectivity index (χ0v) is 21.1. The van der Waals surface area contributed by atoms with E-state index >= 15 is 0 Å². The highest BCUT2D eigenvalue weighted by molar-refractivity contribution is 7.09. The van der Waals surface area contributed by atoms with Crippen molar-refractivity contribution in [3.8, 4) is 11.1 Å². The Bertz CT molecular complexity index is 987. The highest BCUT2D eigenvalue weighted by Gasteiger charge is 2.23. The molecular weight excluding hydrogens is 440 g/mol. The summed E-state index contributed by atoms with van der Waals surface area (Å²) in [5.74, 6) is -0.244. The first-order valence-electron chi connectivity index (χ1n) is 11.0. The molecule has 2 atom stereocenters. The number of benzene rings is 1. The molecule has 0 radical (unpaired) electrons. The van der Waals surface area contributed by atoms with Crippen LogP contribution in [0, 0.1) is 5.82 Å². The lowest BCUT2D eigenvalue weighted by Gasteiger charge is -2.23.